The van der Waals surface area contributed by atoms with Gasteiger partial charge in [0.2, 0.25) is 94.5 Å². The lowest BCUT2D eigenvalue weighted by Gasteiger charge is -2.27. The van der Waals surface area contributed by atoms with Gasteiger partial charge in [0.1, 0.15) is 66.5 Å². The number of rotatable bonds is 46. The summed E-state index contributed by atoms with van der Waals surface area (Å²) in [6.07, 6.45) is -5.14. The number of carbonyl (C=O) groups excluding carboxylic acids is 16. The minimum Gasteiger partial charge on any atom is -0.481 e. The highest BCUT2D eigenvalue weighted by molar-refractivity contribution is 6.01. The second-order valence-electron chi connectivity index (χ2n) is 24.2. The van der Waals surface area contributed by atoms with Crippen LogP contribution in [-0.4, -0.2) is 238 Å². The Morgan fingerprint density at radius 3 is 1.40 bits per heavy atom. The van der Waals surface area contributed by atoms with Gasteiger partial charge in [0.05, 0.1) is 45.5 Å². The number of aliphatic hydroxyl groups is 1. The maximum Gasteiger partial charge on any atom is 0.326 e. The van der Waals surface area contributed by atoms with Gasteiger partial charge in [-0.15, -0.1) is 0 Å². The fraction of sp³-hybridized carbons (Fsp3) is 0.492. The minimum absolute atomic E-state index is 0.0789. The van der Waals surface area contributed by atoms with E-state index >= 15 is 0 Å². The fourth-order valence-electron chi connectivity index (χ4n) is 9.78. The molecule has 16 amide bonds. The molecule has 3 rings (SSSR count). The smallest absolute Gasteiger partial charge is 0.326 e. The van der Waals surface area contributed by atoms with Gasteiger partial charge in [-0.1, -0.05) is 74.5 Å². The lowest BCUT2D eigenvalue weighted by Crippen LogP contribution is -2.60. The van der Waals surface area contributed by atoms with Crippen LogP contribution in [-0.2, 0) is 104 Å². The number of nitrogens with one attached hydrogen (secondary N) is 16. The second kappa shape index (κ2) is 44.1. The Labute approximate surface area is 598 Å². The van der Waals surface area contributed by atoms with E-state index in [1.54, 1.807) is 60.7 Å². The minimum atomic E-state index is -2.21. The number of guanidine groups is 1. The molecule has 0 aromatic heterocycles. The Balaban J connectivity index is 1.74. The van der Waals surface area contributed by atoms with Crippen molar-refractivity contribution in [2.45, 2.75) is 158 Å². The summed E-state index contributed by atoms with van der Waals surface area (Å²) in [6.45, 7) is 0.639. The summed E-state index contributed by atoms with van der Waals surface area (Å²) < 4.78 is 0. The van der Waals surface area contributed by atoms with Crippen LogP contribution in [0.5, 0.6) is 0 Å². The molecule has 1 aliphatic rings. The first kappa shape index (κ1) is 86.8. The Bertz CT molecular complexity index is 3510. The Hall–Kier alpha value is -12.4. The van der Waals surface area contributed by atoms with Crippen LogP contribution in [0.2, 0.25) is 0 Å². The topological polar surface area (TPSA) is 688 Å². The molecule has 0 radical (unpaired) electrons. The van der Waals surface area contributed by atoms with E-state index < -0.39 is 237 Å². The Morgan fingerprint density at radius 2 is 0.924 bits per heavy atom. The quantitative estimate of drug-likeness (QED) is 0.0166. The first-order valence-electron chi connectivity index (χ1n) is 32.6. The molecule has 1 saturated heterocycles. The number of hydrogen-bond acceptors (Lipinski definition) is 21. The van der Waals surface area contributed by atoms with E-state index in [1.807, 2.05) is 10.6 Å². The van der Waals surface area contributed by atoms with Crippen molar-refractivity contribution in [2.24, 2.45) is 23.1 Å². The zero-order valence-corrected chi connectivity index (χ0v) is 57.3. The van der Waals surface area contributed by atoms with E-state index in [2.05, 4.69) is 69.1 Å². The lowest BCUT2D eigenvalue weighted by molar-refractivity contribution is -0.142. The molecule has 2 aromatic carbocycles. The molecule has 11 atom stereocenters. The lowest BCUT2D eigenvalue weighted by atomic mass is 10.0. The van der Waals surface area contributed by atoms with Gasteiger partial charge < -0.3 is 117 Å². The summed E-state index contributed by atoms with van der Waals surface area (Å²) in [5.41, 5.74) is 16.9. The molecule has 2 aromatic rings. The van der Waals surface area contributed by atoms with Crippen molar-refractivity contribution in [3.05, 3.63) is 71.8 Å². The number of carboxylic acids is 3. The number of carbonyl (C=O) groups is 19. The van der Waals surface area contributed by atoms with Gasteiger partial charge in [-0.05, 0) is 49.7 Å². The van der Waals surface area contributed by atoms with Crippen LogP contribution in [0.3, 0.4) is 0 Å². The summed E-state index contributed by atoms with van der Waals surface area (Å²) in [4.78, 5) is 247. The van der Waals surface area contributed by atoms with Crippen molar-refractivity contribution in [1.82, 2.24) is 79.8 Å². The summed E-state index contributed by atoms with van der Waals surface area (Å²) >= 11 is 0. The van der Waals surface area contributed by atoms with E-state index in [0.717, 1.165) is 0 Å². The fourth-order valence-corrected chi connectivity index (χ4v) is 9.78. The van der Waals surface area contributed by atoms with E-state index in [4.69, 9.17) is 22.6 Å². The predicted octanol–water partition coefficient (Wildman–Crippen LogP) is -9.95. The number of primary amides is 2. The summed E-state index contributed by atoms with van der Waals surface area (Å²) in [6, 6.07) is -2.14. The third-order valence-electron chi connectivity index (χ3n) is 15.3. The molecule has 1 heterocycles. The van der Waals surface area contributed by atoms with Crippen LogP contribution in [0.15, 0.2) is 60.7 Å². The number of aliphatic hydroxyl groups excluding tert-OH is 1. The number of nitrogens with two attached hydrogens (primary N) is 3. The van der Waals surface area contributed by atoms with Gasteiger partial charge in [-0.3, -0.25) is 91.7 Å². The van der Waals surface area contributed by atoms with Gasteiger partial charge in [0.25, 0.3) is 0 Å². The van der Waals surface area contributed by atoms with Crippen LogP contribution >= 0.6 is 0 Å². The highest BCUT2D eigenvalue weighted by Gasteiger charge is 2.37. The third-order valence-corrected chi connectivity index (χ3v) is 15.3. The Kier molecular flexibility index (Phi) is 36.4. The van der Waals surface area contributed by atoms with Gasteiger partial charge in [0.15, 0.2) is 5.96 Å². The molecule has 0 saturated carbocycles. The average molecular weight is 1480 g/mol. The number of hydrogen-bond donors (Lipinski definition) is 23. The summed E-state index contributed by atoms with van der Waals surface area (Å²) in [5.74, 6) is -23.3. The van der Waals surface area contributed by atoms with Crippen molar-refractivity contribution < 1.29 is 112 Å². The molecule has 0 aliphatic carbocycles. The van der Waals surface area contributed by atoms with E-state index in [1.165, 1.54) is 20.8 Å². The second-order valence-corrected chi connectivity index (χ2v) is 24.2. The van der Waals surface area contributed by atoms with Crippen molar-refractivity contribution in [1.29, 1.82) is 5.41 Å². The normalized spacial score (nSPS) is 15.0. The highest BCUT2D eigenvalue weighted by atomic mass is 16.4. The van der Waals surface area contributed by atoms with Gasteiger partial charge in [0, 0.05) is 32.2 Å². The molecule has 42 heteroatoms. The zero-order valence-electron chi connectivity index (χ0n) is 57.3. The van der Waals surface area contributed by atoms with Gasteiger partial charge in [-0.2, -0.15) is 0 Å². The largest absolute Gasteiger partial charge is 0.481 e. The standard InChI is InChI=1S/C63H89N19O23/c1-30(2)51(82-48(89)28-71-53(95)34-16-18-45(86)73-34)61(103)80-40(24-44(65)85)58(100)79-41(25-50(92)93)59(101)78-39(23-43(64)84)57(99)75-35(17-19-49(90)91)54(96)70-26-46(87)69-27-47(88)74-37(21-32-11-6-4-7-12-32)55(97)77-38(22-33-13-8-5-9-14-33)56(98)81-42(29-83)60(102)72-31(3)52(94)76-36(62(104)105)15-10-20-68-63(66)67/h4-9,11-14,30-31,34-42,51,83H,10,15-29H2,1-3H3,(H2,64,84)(H2,65,85)(H,69,87)(H,70,96)(H,71,95)(H,72,102)(H,73,86)(H,74,88)(H,75,99)(H,76,94)(H,77,97)(H,78,101)(H,79,100)(H,80,103)(H,81,98)(H,82,89)(H,90,91)(H,92,93)(H,104,105)(H4,66,67,68)/t31-,34-,35-,36-,37+,38+,39-,40-,41-,42-,51-/m0/s1. The van der Waals surface area contributed by atoms with E-state index in [0.29, 0.717) is 11.1 Å². The highest BCUT2D eigenvalue weighted by Crippen LogP contribution is 2.12. The number of aliphatic carboxylic acids is 3. The maximum absolute atomic E-state index is 14.3. The van der Waals surface area contributed by atoms with Crippen LogP contribution in [0.1, 0.15) is 89.7 Å². The molecule has 0 unspecified atom stereocenters. The molecule has 105 heavy (non-hydrogen) atoms. The van der Waals surface area contributed by atoms with Crippen molar-refractivity contribution >= 4 is 118 Å². The molecular formula is C63H89N19O23. The Morgan fingerprint density at radius 1 is 0.476 bits per heavy atom. The van der Waals surface area contributed by atoms with Crippen LogP contribution in [0.4, 0.5) is 0 Å². The van der Waals surface area contributed by atoms with Crippen LogP contribution < -0.4 is 97.0 Å². The van der Waals surface area contributed by atoms with Crippen LogP contribution in [0.25, 0.3) is 0 Å². The molecule has 42 nitrogen and oxygen atoms in total. The van der Waals surface area contributed by atoms with Gasteiger partial charge >= 0.3 is 17.9 Å². The predicted molar refractivity (Wildman–Crippen MR) is 361 cm³/mol. The first-order valence-corrected chi connectivity index (χ1v) is 32.6. The molecular weight excluding hydrogens is 1390 g/mol. The number of carboxylic acid groups (broad SMARTS) is 3. The zero-order chi connectivity index (χ0) is 78.6. The number of amides is 16. The van der Waals surface area contributed by atoms with Crippen molar-refractivity contribution in [3.63, 3.8) is 0 Å². The monoisotopic (exact) mass is 1480 g/mol. The van der Waals surface area contributed by atoms with Crippen LogP contribution in [0, 0.1) is 11.3 Å². The number of benzene rings is 2. The first-order chi connectivity index (χ1) is 49.5. The van der Waals surface area contributed by atoms with Crippen molar-refractivity contribution in [2.75, 3.05) is 32.8 Å². The summed E-state index contributed by atoms with van der Waals surface area (Å²) in [5, 5.41) is 80.4. The average Bonchev–Trinajstić information content (AvgIpc) is 1.41. The molecule has 26 N–H and O–H groups in total. The molecule has 0 spiro atoms. The molecule has 1 aliphatic heterocycles. The summed E-state index contributed by atoms with van der Waals surface area (Å²) in [7, 11) is 0. The molecule has 574 valence electrons. The maximum atomic E-state index is 14.3. The SMILES string of the molecule is CC(C)[C@H](NC(=O)CNC(=O)[C@@H]1CCC(=O)N1)C(=O)N[C@@H](CC(N)=O)C(=O)N[C@@H](CC(=O)O)C(=O)N[C@@H](CC(N)=O)C(=O)N[C@@H](CCC(=O)O)C(=O)NCC(=O)NCC(=O)N[C@H](Cc1ccccc1)C(=O)N[C@H](Cc1ccccc1)C(=O)N[C@@H](CO)C(=O)N[C@@H](C)C(=O)N[C@@H](CCCNC(=N)N)C(=O)O. The van der Waals surface area contributed by atoms with E-state index in [-0.39, 0.29) is 56.9 Å². The van der Waals surface area contributed by atoms with Crippen molar-refractivity contribution in [3.8, 4) is 0 Å². The van der Waals surface area contributed by atoms with E-state index in [9.17, 15) is 112 Å². The third kappa shape index (κ3) is 32.9. The molecule has 0 bridgehead atoms. The van der Waals surface area contributed by atoms with Gasteiger partial charge in [-0.25, -0.2) is 4.79 Å². The molecule has 1 fully saturated rings.